The fourth-order valence-electron chi connectivity index (χ4n) is 2.71. The molecule has 0 saturated heterocycles. The van der Waals surface area contributed by atoms with E-state index in [4.69, 9.17) is 15.9 Å². The molecule has 2 aromatic rings. The van der Waals surface area contributed by atoms with Crippen LogP contribution in [-0.4, -0.2) is 11.8 Å². The van der Waals surface area contributed by atoms with E-state index in [9.17, 15) is 4.79 Å². The average molecular weight is 294 g/mol. The van der Waals surface area contributed by atoms with Gasteiger partial charge in [-0.15, -0.1) is 0 Å². The second kappa shape index (κ2) is 6.02. The van der Waals surface area contributed by atoms with Gasteiger partial charge in [0, 0.05) is 5.56 Å². The Hall–Kier alpha value is -2.62. The molecular formula is C18H18N2O2. The molecule has 4 nitrogen and oxygen atoms in total. The van der Waals surface area contributed by atoms with E-state index < -0.39 is 0 Å². The molecule has 0 aromatic heterocycles. The van der Waals surface area contributed by atoms with E-state index in [1.165, 1.54) is 5.57 Å². The standard InChI is InChI=1S/C18H18N2O2/c19-18(20)15-6-5-14-11-16(8-7-13(14)10-15)22-17(21)9-12-3-1-2-4-12/h3,5-8,10-11H,1-2,4,9H2,(H3,19,20). The average Bonchev–Trinajstić information content (AvgIpc) is 2.99. The molecule has 0 aliphatic heterocycles. The molecule has 4 heteroatoms. The third kappa shape index (κ3) is 3.17. The number of esters is 1. The van der Waals surface area contributed by atoms with Crippen LogP contribution in [0, 0.1) is 5.41 Å². The number of carbonyl (C=O) groups excluding carboxylic acids is 1. The van der Waals surface area contributed by atoms with Gasteiger partial charge >= 0.3 is 5.97 Å². The highest BCUT2D eigenvalue weighted by Crippen LogP contribution is 2.24. The number of allylic oxidation sites excluding steroid dienone is 1. The van der Waals surface area contributed by atoms with Gasteiger partial charge < -0.3 is 10.5 Å². The quantitative estimate of drug-likeness (QED) is 0.298. The van der Waals surface area contributed by atoms with E-state index in [0.29, 0.717) is 17.7 Å². The molecule has 1 aliphatic carbocycles. The molecule has 3 rings (SSSR count). The number of hydrogen-bond acceptors (Lipinski definition) is 3. The van der Waals surface area contributed by atoms with Crippen LogP contribution in [0.25, 0.3) is 10.8 Å². The molecule has 0 unspecified atom stereocenters. The van der Waals surface area contributed by atoms with Gasteiger partial charge in [-0.1, -0.05) is 29.8 Å². The number of carbonyl (C=O) groups is 1. The summed E-state index contributed by atoms with van der Waals surface area (Å²) in [5.74, 6) is 0.377. The zero-order valence-corrected chi connectivity index (χ0v) is 12.3. The lowest BCUT2D eigenvalue weighted by Crippen LogP contribution is -2.10. The van der Waals surface area contributed by atoms with Gasteiger partial charge in [0.15, 0.2) is 0 Å². The first kappa shape index (κ1) is 14.3. The molecule has 112 valence electrons. The topological polar surface area (TPSA) is 76.2 Å². The SMILES string of the molecule is N=C(N)c1ccc2cc(OC(=O)CC3=CCCC3)ccc2c1. The van der Waals surface area contributed by atoms with Crippen molar-refractivity contribution in [1.82, 2.24) is 0 Å². The second-order valence-corrected chi connectivity index (χ2v) is 5.54. The molecule has 2 aromatic carbocycles. The van der Waals surface area contributed by atoms with Crippen molar-refractivity contribution in [3.8, 4) is 5.75 Å². The minimum absolute atomic E-state index is 0.0437. The maximum atomic E-state index is 11.9. The lowest BCUT2D eigenvalue weighted by Gasteiger charge is -2.07. The number of fused-ring (bicyclic) bond motifs is 1. The molecule has 0 atom stereocenters. The zero-order chi connectivity index (χ0) is 15.5. The molecular weight excluding hydrogens is 276 g/mol. The van der Waals surface area contributed by atoms with Crippen molar-refractivity contribution in [3.63, 3.8) is 0 Å². The molecule has 0 heterocycles. The summed E-state index contributed by atoms with van der Waals surface area (Å²) < 4.78 is 5.42. The van der Waals surface area contributed by atoms with Crippen molar-refractivity contribution >= 4 is 22.6 Å². The number of amidine groups is 1. The smallest absolute Gasteiger partial charge is 0.315 e. The van der Waals surface area contributed by atoms with Gasteiger partial charge in [0.05, 0.1) is 6.42 Å². The Morgan fingerprint density at radius 1 is 1.18 bits per heavy atom. The van der Waals surface area contributed by atoms with Gasteiger partial charge in [-0.25, -0.2) is 0 Å². The van der Waals surface area contributed by atoms with E-state index in [1.807, 2.05) is 24.3 Å². The van der Waals surface area contributed by atoms with Gasteiger partial charge in [0.1, 0.15) is 11.6 Å². The van der Waals surface area contributed by atoms with E-state index in [2.05, 4.69) is 6.08 Å². The fourth-order valence-corrected chi connectivity index (χ4v) is 2.71. The van der Waals surface area contributed by atoms with Gasteiger partial charge in [-0.3, -0.25) is 10.2 Å². The van der Waals surface area contributed by atoms with Gasteiger partial charge in [-0.2, -0.15) is 0 Å². The van der Waals surface area contributed by atoms with E-state index in [0.717, 1.165) is 30.0 Å². The Balaban J connectivity index is 1.75. The molecule has 0 radical (unpaired) electrons. The number of nitrogen functional groups attached to an aromatic ring is 1. The minimum atomic E-state index is -0.215. The predicted molar refractivity (Wildman–Crippen MR) is 87.2 cm³/mol. The van der Waals surface area contributed by atoms with Crippen molar-refractivity contribution in [3.05, 3.63) is 53.6 Å². The van der Waals surface area contributed by atoms with E-state index >= 15 is 0 Å². The first-order valence-corrected chi connectivity index (χ1v) is 7.38. The van der Waals surface area contributed by atoms with Gasteiger partial charge in [0.25, 0.3) is 0 Å². The Bertz CT molecular complexity index is 778. The van der Waals surface area contributed by atoms with Crippen molar-refractivity contribution < 1.29 is 9.53 Å². The lowest BCUT2D eigenvalue weighted by atomic mass is 10.1. The highest BCUT2D eigenvalue weighted by Gasteiger charge is 2.12. The highest BCUT2D eigenvalue weighted by molar-refractivity contribution is 5.99. The van der Waals surface area contributed by atoms with Crippen LogP contribution in [0.3, 0.4) is 0 Å². The normalized spacial score (nSPS) is 13.9. The molecule has 22 heavy (non-hydrogen) atoms. The summed E-state index contributed by atoms with van der Waals surface area (Å²) in [5.41, 5.74) is 7.35. The zero-order valence-electron chi connectivity index (χ0n) is 12.3. The fraction of sp³-hybridized carbons (Fsp3) is 0.222. The Morgan fingerprint density at radius 2 is 1.95 bits per heavy atom. The van der Waals surface area contributed by atoms with Gasteiger partial charge in [0.2, 0.25) is 0 Å². The maximum absolute atomic E-state index is 11.9. The number of nitrogens with two attached hydrogens (primary N) is 1. The van der Waals surface area contributed by atoms with Crippen LogP contribution in [-0.2, 0) is 4.79 Å². The first-order valence-electron chi connectivity index (χ1n) is 7.38. The summed E-state index contributed by atoms with van der Waals surface area (Å²) >= 11 is 0. The number of rotatable bonds is 4. The van der Waals surface area contributed by atoms with Crippen molar-refractivity contribution in [2.24, 2.45) is 5.73 Å². The summed E-state index contributed by atoms with van der Waals surface area (Å²) in [7, 11) is 0. The predicted octanol–water partition coefficient (Wildman–Crippen LogP) is 3.53. The first-order chi connectivity index (χ1) is 10.6. The molecule has 0 spiro atoms. The number of nitrogens with one attached hydrogen (secondary N) is 1. The molecule has 0 fully saturated rings. The summed E-state index contributed by atoms with van der Waals surface area (Å²) in [6.45, 7) is 0. The van der Waals surface area contributed by atoms with Crippen LogP contribution in [0.2, 0.25) is 0 Å². The summed E-state index contributed by atoms with van der Waals surface area (Å²) in [6.07, 6.45) is 5.71. The second-order valence-electron chi connectivity index (χ2n) is 5.54. The minimum Gasteiger partial charge on any atom is -0.426 e. The summed E-state index contributed by atoms with van der Waals surface area (Å²) in [5, 5.41) is 9.37. The van der Waals surface area contributed by atoms with Gasteiger partial charge in [-0.05, 0) is 48.2 Å². The van der Waals surface area contributed by atoms with Crippen molar-refractivity contribution in [2.75, 3.05) is 0 Å². The van der Waals surface area contributed by atoms with Crippen LogP contribution in [0.1, 0.15) is 31.2 Å². The van der Waals surface area contributed by atoms with Crippen LogP contribution in [0.5, 0.6) is 5.75 Å². The molecule has 0 saturated carbocycles. The van der Waals surface area contributed by atoms with Crippen LogP contribution in [0.15, 0.2) is 48.0 Å². The third-order valence-electron chi connectivity index (χ3n) is 3.86. The number of ether oxygens (including phenoxy) is 1. The van der Waals surface area contributed by atoms with Crippen molar-refractivity contribution in [1.29, 1.82) is 5.41 Å². The molecule has 1 aliphatic rings. The van der Waals surface area contributed by atoms with Crippen LogP contribution in [0.4, 0.5) is 0 Å². The van der Waals surface area contributed by atoms with E-state index in [1.54, 1.807) is 12.1 Å². The Labute approximate surface area is 129 Å². The molecule has 0 amide bonds. The summed E-state index contributed by atoms with van der Waals surface area (Å²) in [4.78, 5) is 11.9. The Morgan fingerprint density at radius 3 is 2.68 bits per heavy atom. The molecule has 3 N–H and O–H groups in total. The Kier molecular flexibility index (Phi) is 3.92. The van der Waals surface area contributed by atoms with Crippen molar-refractivity contribution in [2.45, 2.75) is 25.7 Å². The number of hydrogen-bond donors (Lipinski definition) is 2. The van der Waals surface area contributed by atoms with Crippen LogP contribution >= 0.6 is 0 Å². The lowest BCUT2D eigenvalue weighted by molar-refractivity contribution is -0.133. The monoisotopic (exact) mass is 294 g/mol. The van der Waals surface area contributed by atoms with Crippen LogP contribution < -0.4 is 10.5 Å². The third-order valence-corrected chi connectivity index (χ3v) is 3.86. The maximum Gasteiger partial charge on any atom is 0.315 e. The largest absolute Gasteiger partial charge is 0.426 e. The number of benzene rings is 2. The highest BCUT2D eigenvalue weighted by atomic mass is 16.5. The molecule has 0 bridgehead atoms. The summed E-state index contributed by atoms with van der Waals surface area (Å²) in [6, 6.07) is 11.0. The van der Waals surface area contributed by atoms with E-state index in [-0.39, 0.29) is 11.8 Å².